The van der Waals surface area contributed by atoms with Crippen molar-refractivity contribution in [3.63, 3.8) is 0 Å². The van der Waals surface area contributed by atoms with E-state index >= 15 is 0 Å². The van der Waals surface area contributed by atoms with Gasteiger partial charge in [0, 0.05) is 56.2 Å². The SMILES string of the molecule is Cc1cccc(C[C@H](C)NC(=O)N2CCN(c3ncccc3C(N)=O)CC2)n1. The van der Waals surface area contributed by atoms with Gasteiger partial charge in [0.15, 0.2) is 0 Å². The summed E-state index contributed by atoms with van der Waals surface area (Å²) < 4.78 is 0. The maximum Gasteiger partial charge on any atom is 0.317 e. The second-order valence-electron chi connectivity index (χ2n) is 7.04. The van der Waals surface area contributed by atoms with Crippen molar-refractivity contribution in [3.8, 4) is 0 Å². The topological polar surface area (TPSA) is 104 Å². The highest BCUT2D eigenvalue weighted by Gasteiger charge is 2.25. The highest BCUT2D eigenvalue weighted by molar-refractivity contribution is 5.97. The quantitative estimate of drug-likeness (QED) is 0.812. The summed E-state index contributed by atoms with van der Waals surface area (Å²) in [6.45, 7) is 6.23. The molecule has 8 nitrogen and oxygen atoms in total. The zero-order valence-electron chi connectivity index (χ0n) is 16.3. The number of anilines is 1. The van der Waals surface area contributed by atoms with Gasteiger partial charge in [-0.05, 0) is 38.1 Å². The molecule has 0 saturated carbocycles. The molecule has 2 aromatic rings. The normalized spacial score (nSPS) is 15.2. The molecule has 1 aliphatic rings. The summed E-state index contributed by atoms with van der Waals surface area (Å²) in [7, 11) is 0. The molecule has 3 rings (SSSR count). The molecule has 1 aliphatic heterocycles. The molecule has 0 radical (unpaired) electrons. The molecule has 0 aromatic carbocycles. The summed E-state index contributed by atoms with van der Waals surface area (Å²) >= 11 is 0. The van der Waals surface area contributed by atoms with Gasteiger partial charge >= 0.3 is 6.03 Å². The molecule has 3 amide bonds. The van der Waals surface area contributed by atoms with Gasteiger partial charge in [-0.25, -0.2) is 9.78 Å². The number of nitrogens with zero attached hydrogens (tertiary/aromatic N) is 4. The van der Waals surface area contributed by atoms with Crippen LogP contribution < -0.4 is 16.0 Å². The summed E-state index contributed by atoms with van der Waals surface area (Å²) in [5, 5.41) is 3.04. The number of aryl methyl sites for hydroxylation is 1. The minimum atomic E-state index is -0.498. The third-order valence-electron chi connectivity index (χ3n) is 4.75. The van der Waals surface area contributed by atoms with Gasteiger partial charge in [-0.2, -0.15) is 0 Å². The largest absolute Gasteiger partial charge is 0.365 e. The third kappa shape index (κ3) is 4.76. The van der Waals surface area contributed by atoms with Crippen LogP contribution >= 0.6 is 0 Å². The van der Waals surface area contributed by atoms with Crippen molar-refractivity contribution in [1.29, 1.82) is 0 Å². The van der Waals surface area contributed by atoms with Gasteiger partial charge < -0.3 is 20.9 Å². The number of nitrogens with one attached hydrogen (secondary N) is 1. The molecule has 3 heterocycles. The Balaban J connectivity index is 1.53. The summed E-state index contributed by atoms with van der Waals surface area (Å²) in [4.78, 5) is 36.7. The zero-order chi connectivity index (χ0) is 20.1. The van der Waals surface area contributed by atoms with E-state index in [1.165, 1.54) is 0 Å². The molecule has 3 N–H and O–H groups in total. The van der Waals surface area contributed by atoms with E-state index in [9.17, 15) is 9.59 Å². The molecular formula is C20H26N6O2. The van der Waals surface area contributed by atoms with Crippen molar-refractivity contribution in [1.82, 2.24) is 20.2 Å². The maximum atomic E-state index is 12.6. The van der Waals surface area contributed by atoms with Crippen LogP contribution in [0.1, 0.15) is 28.7 Å². The van der Waals surface area contributed by atoms with Crippen molar-refractivity contribution in [2.24, 2.45) is 5.73 Å². The number of hydrogen-bond acceptors (Lipinski definition) is 5. The average molecular weight is 382 g/mol. The van der Waals surface area contributed by atoms with E-state index in [0.29, 0.717) is 44.0 Å². The highest BCUT2D eigenvalue weighted by Crippen LogP contribution is 2.18. The minimum absolute atomic E-state index is 0.0166. The lowest BCUT2D eigenvalue weighted by atomic mass is 10.1. The van der Waals surface area contributed by atoms with Crippen LogP contribution in [0.5, 0.6) is 0 Å². The molecule has 28 heavy (non-hydrogen) atoms. The van der Waals surface area contributed by atoms with Crippen molar-refractivity contribution in [2.45, 2.75) is 26.3 Å². The number of hydrogen-bond donors (Lipinski definition) is 2. The Kier molecular flexibility index (Phi) is 6.08. The van der Waals surface area contributed by atoms with Crippen molar-refractivity contribution in [3.05, 3.63) is 53.5 Å². The van der Waals surface area contributed by atoms with E-state index < -0.39 is 5.91 Å². The van der Waals surface area contributed by atoms with Gasteiger partial charge in [-0.3, -0.25) is 9.78 Å². The molecule has 0 bridgehead atoms. The van der Waals surface area contributed by atoms with E-state index in [1.807, 2.05) is 36.9 Å². The minimum Gasteiger partial charge on any atom is -0.365 e. The lowest BCUT2D eigenvalue weighted by Crippen LogP contribution is -2.53. The van der Waals surface area contributed by atoms with E-state index in [1.54, 1.807) is 23.2 Å². The van der Waals surface area contributed by atoms with Gasteiger partial charge in [0.1, 0.15) is 5.82 Å². The van der Waals surface area contributed by atoms with Crippen LogP contribution in [0.4, 0.5) is 10.6 Å². The standard InChI is InChI=1S/C20H26N6O2/c1-14-5-3-6-16(23-14)13-15(2)24-20(28)26-11-9-25(10-12-26)19-17(18(21)27)7-4-8-22-19/h3-8,15H,9-13H2,1-2H3,(H2,21,27)(H,24,28)/t15-/m0/s1. The monoisotopic (exact) mass is 382 g/mol. The molecule has 1 atom stereocenters. The molecule has 8 heteroatoms. The van der Waals surface area contributed by atoms with Crippen molar-refractivity contribution < 1.29 is 9.59 Å². The second kappa shape index (κ2) is 8.69. The first-order valence-corrected chi connectivity index (χ1v) is 9.42. The number of piperazine rings is 1. The van der Waals surface area contributed by atoms with Gasteiger partial charge in [0.05, 0.1) is 5.56 Å². The van der Waals surface area contributed by atoms with Crippen LogP contribution in [0.25, 0.3) is 0 Å². The second-order valence-corrected chi connectivity index (χ2v) is 7.04. The summed E-state index contributed by atoms with van der Waals surface area (Å²) in [6, 6.07) is 9.16. The summed E-state index contributed by atoms with van der Waals surface area (Å²) in [5.41, 5.74) is 7.78. The molecule has 1 fully saturated rings. The first-order valence-electron chi connectivity index (χ1n) is 9.42. The number of urea groups is 1. The number of primary amides is 1. The smallest absolute Gasteiger partial charge is 0.317 e. The fraction of sp³-hybridized carbons (Fsp3) is 0.400. The first kappa shape index (κ1) is 19.6. The van der Waals surface area contributed by atoms with Crippen LogP contribution in [0.2, 0.25) is 0 Å². The Labute approximate surface area is 164 Å². The number of carbonyl (C=O) groups excluding carboxylic acids is 2. The maximum absolute atomic E-state index is 12.6. The molecular weight excluding hydrogens is 356 g/mol. The van der Waals surface area contributed by atoms with E-state index in [0.717, 1.165) is 11.4 Å². The van der Waals surface area contributed by atoms with E-state index in [2.05, 4.69) is 15.3 Å². The van der Waals surface area contributed by atoms with Gasteiger partial charge in [0.2, 0.25) is 0 Å². The van der Waals surface area contributed by atoms with E-state index in [4.69, 9.17) is 5.73 Å². The third-order valence-corrected chi connectivity index (χ3v) is 4.75. The Bertz CT molecular complexity index is 848. The fourth-order valence-corrected chi connectivity index (χ4v) is 3.34. The molecule has 0 aliphatic carbocycles. The lowest BCUT2D eigenvalue weighted by Gasteiger charge is -2.36. The molecule has 0 unspecified atom stereocenters. The molecule has 148 valence electrons. The summed E-state index contributed by atoms with van der Waals surface area (Å²) in [5.74, 6) is 0.0794. The van der Waals surface area contributed by atoms with Gasteiger partial charge in [-0.1, -0.05) is 6.07 Å². The average Bonchev–Trinajstić information content (AvgIpc) is 2.68. The first-order chi connectivity index (χ1) is 13.4. The van der Waals surface area contributed by atoms with Crippen LogP contribution in [-0.2, 0) is 6.42 Å². The van der Waals surface area contributed by atoms with Crippen molar-refractivity contribution in [2.75, 3.05) is 31.1 Å². The van der Waals surface area contributed by atoms with Crippen LogP contribution in [0.15, 0.2) is 36.5 Å². The van der Waals surface area contributed by atoms with Gasteiger partial charge in [-0.15, -0.1) is 0 Å². The number of nitrogens with two attached hydrogens (primary N) is 1. The number of rotatable bonds is 5. The van der Waals surface area contributed by atoms with E-state index in [-0.39, 0.29) is 12.1 Å². The number of carbonyl (C=O) groups is 2. The van der Waals surface area contributed by atoms with Crippen LogP contribution in [0.3, 0.4) is 0 Å². The number of pyridine rings is 2. The van der Waals surface area contributed by atoms with Crippen LogP contribution in [-0.4, -0.2) is 59.0 Å². The predicted molar refractivity (Wildman–Crippen MR) is 107 cm³/mol. The van der Waals surface area contributed by atoms with Crippen molar-refractivity contribution >= 4 is 17.8 Å². The van der Waals surface area contributed by atoms with Crippen LogP contribution in [0, 0.1) is 6.92 Å². The summed E-state index contributed by atoms with van der Waals surface area (Å²) in [6.07, 6.45) is 2.32. The molecule has 1 saturated heterocycles. The fourth-order valence-electron chi connectivity index (χ4n) is 3.34. The number of amides is 3. The highest BCUT2D eigenvalue weighted by atomic mass is 16.2. The Morgan fingerprint density at radius 2 is 1.93 bits per heavy atom. The number of aromatic nitrogens is 2. The molecule has 2 aromatic heterocycles. The van der Waals surface area contributed by atoms with Gasteiger partial charge in [0.25, 0.3) is 5.91 Å². The lowest BCUT2D eigenvalue weighted by molar-refractivity contribution is 0.1000. The zero-order valence-corrected chi connectivity index (χ0v) is 16.3. The predicted octanol–water partition coefficient (Wildman–Crippen LogP) is 1.35. The Hall–Kier alpha value is -3.16. The Morgan fingerprint density at radius 1 is 1.18 bits per heavy atom. The molecule has 0 spiro atoms. The Morgan fingerprint density at radius 3 is 2.61 bits per heavy atom.